The van der Waals surface area contributed by atoms with Gasteiger partial charge in [0, 0.05) is 23.1 Å². The van der Waals surface area contributed by atoms with Gasteiger partial charge in [-0.25, -0.2) is 4.98 Å². The van der Waals surface area contributed by atoms with E-state index in [9.17, 15) is 9.59 Å². The highest BCUT2D eigenvalue weighted by Gasteiger charge is 2.28. The smallest absolute Gasteiger partial charge is 0.269 e. The fourth-order valence-electron chi connectivity index (χ4n) is 3.62. The van der Waals surface area contributed by atoms with Crippen molar-refractivity contribution in [3.63, 3.8) is 0 Å². The van der Waals surface area contributed by atoms with Gasteiger partial charge in [0.1, 0.15) is 22.0 Å². The molecule has 1 amide bonds. The van der Waals surface area contributed by atoms with Crippen LogP contribution in [0.1, 0.15) is 22.0 Å². The molecule has 1 fully saturated rings. The summed E-state index contributed by atoms with van der Waals surface area (Å²) in [7, 11) is 0. The van der Waals surface area contributed by atoms with Crippen LogP contribution in [0, 0.1) is 0 Å². The standard InChI is InChI=1S/C22H17ClN4O3S/c23-14-5-3-4-13(10-14)17-11-27(8-9-30-17)22(29)15-12-31-19-18(15)25-20(26-21(19)28)16-6-1-2-7-24-16/h1-7,10,12,17H,8-9,11H2,(H,25,26,28). The number of nitrogens with zero attached hydrogens (tertiary/aromatic N) is 3. The molecule has 0 radical (unpaired) electrons. The summed E-state index contributed by atoms with van der Waals surface area (Å²) < 4.78 is 6.29. The van der Waals surface area contributed by atoms with Crippen molar-refractivity contribution >= 4 is 39.1 Å². The first-order chi connectivity index (χ1) is 15.1. The van der Waals surface area contributed by atoms with Gasteiger partial charge in [-0.15, -0.1) is 11.3 Å². The highest BCUT2D eigenvalue weighted by Crippen LogP contribution is 2.28. The van der Waals surface area contributed by atoms with Gasteiger partial charge >= 0.3 is 0 Å². The van der Waals surface area contributed by atoms with E-state index in [-0.39, 0.29) is 17.6 Å². The van der Waals surface area contributed by atoms with E-state index >= 15 is 0 Å². The first-order valence-corrected chi connectivity index (χ1v) is 10.9. The Kier molecular flexibility index (Phi) is 5.27. The third kappa shape index (κ3) is 3.85. The van der Waals surface area contributed by atoms with Crippen LogP contribution >= 0.6 is 22.9 Å². The molecule has 1 aliphatic rings. The van der Waals surface area contributed by atoms with Gasteiger partial charge in [0.25, 0.3) is 11.5 Å². The Hall–Kier alpha value is -3.07. The van der Waals surface area contributed by atoms with Crippen molar-refractivity contribution in [2.24, 2.45) is 0 Å². The third-order valence-electron chi connectivity index (χ3n) is 5.14. The molecule has 156 valence electrons. The quantitative estimate of drug-likeness (QED) is 0.509. The number of halogens is 1. The van der Waals surface area contributed by atoms with E-state index in [1.54, 1.807) is 34.7 Å². The first-order valence-electron chi connectivity index (χ1n) is 9.69. The van der Waals surface area contributed by atoms with E-state index in [2.05, 4.69) is 15.0 Å². The lowest BCUT2D eigenvalue weighted by Crippen LogP contribution is -2.42. The van der Waals surface area contributed by atoms with Crippen molar-refractivity contribution in [1.29, 1.82) is 0 Å². The molecule has 7 nitrogen and oxygen atoms in total. The Morgan fingerprint density at radius 1 is 1.26 bits per heavy atom. The monoisotopic (exact) mass is 452 g/mol. The maximum atomic E-state index is 13.4. The summed E-state index contributed by atoms with van der Waals surface area (Å²) in [5, 5.41) is 2.32. The Labute approximate surface area is 186 Å². The minimum atomic E-state index is -0.284. The van der Waals surface area contributed by atoms with Crippen molar-refractivity contribution in [3.8, 4) is 11.5 Å². The maximum Gasteiger partial charge on any atom is 0.269 e. The number of H-pyrrole nitrogens is 1. The average molecular weight is 453 g/mol. The Morgan fingerprint density at radius 3 is 2.97 bits per heavy atom. The average Bonchev–Trinajstić information content (AvgIpc) is 3.24. The van der Waals surface area contributed by atoms with Crippen molar-refractivity contribution in [1.82, 2.24) is 19.9 Å². The van der Waals surface area contributed by atoms with Crippen molar-refractivity contribution in [2.45, 2.75) is 6.10 Å². The summed E-state index contributed by atoms with van der Waals surface area (Å²) in [6.45, 7) is 1.27. The van der Waals surface area contributed by atoms with Crippen LogP contribution < -0.4 is 5.56 Å². The largest absolute Gasteiger partial charge is 0.370 e. The molecule has 31 heavy (non-hydrogen) atoms. The highest BCUT2D eigenvalue weighted by atomic mass is 35.5. The number of nitrogens with one attached hydrogen (secondary N) is 1. The van der Waals surface area contributed by atoms with Crippen LogP contribution in [0.4, 0.5) is 0 Å². The fraction of sp³-hybridized carbons (Fsp3) is 0.182. The van der Waals surface area contributed by atoms with Crippen molar-refractivity contribution in [2.75, 3.05) is 19.7 Å². The number of thiophene rings is 1. The van der Waals surface area contributed by atoms with E-state index in [1.165, 1.54) is 11.3 Å². The molecule has 1 unspecified atom stereocenters. The molecule has 5 rings (SSSR count). The molecule has 4 aromatic rings. The zero-order chi connectivity index (χ0) is 21.4. The molecule has 0 spiro atoms. The van der Waals surface area contributed by atoms with Gasteiger partial charge in [-0.1, -0.05) is 29.8 Å². The van der Waals surface area contributed by atoms with Gasteiger partial charge < -0.3 is 14.6 Å². The highest BCUT2D eigenvalue weighted by molar-refractivity contribution is 7.17. The summed E-state index contributed by atoms with van der Waals surface area (Å²) in [5.41, 5.74) is 1.99. The fourth-order valence-corrected chi connectivity index (χ4v) is 4.69. The lowest BCUT2D eigenvalue weighted by Gasteiger charge is -2.33. The lowest BCUT2D eigenvalue weighted by molar-refractivity contribution is -0.0227. The van der Waals surface area contributed by atoms with Gasteiger partial charge in [0.05, 0.1) is 18.7 Å². The number of morpholine rings is 1. The van der Waals surface area contributed by atoms with Crippen LogP contribution in [-0.4, -0.2) is 45.5 Å². The molecule has 3 aromatic heterocycles. The zero-order valence-electron chi connectivity index (χ0n) is 16.2. The molecular formula is C22H17ClN4O3S. The summed E-state index contributed by atoms with van der Waals surface area (Å²) >= 11 is 7.32. The Morgan fingerprint density at radius 2 is 2.16 bits per heavy atom. The number of pyridine rings is 1. The summed E-state index contributed by atoms with van der Waals surface area (Å²) in [6, 6.07) is 12.8. The molecule has 1 saturated heterocycles. The number of benzene rings is 1. The van der Waals surface area contributed by atoms with Crippen LogP contribution in [0.2, 0.25) is 5.02 Å². The van der Waals surface area contributed by atoms with E-state index in [4.69, 9.17) is 16.3 Å². The number of carbonyl (C=O) groups is 1. The number of hydrogen-bond donors (Lipinski definition) is 1. The molecule has 1 N–H and O–H groups in total. The number of amides is 1. The van der Waals surface area contributed by atoms with Gasteiger partial charge in [-0.05, 0) is 29.8 Å². The maximum absolute atomic E-state index is 13.4. The number of carbonyl (C=O) groups excluding carboxylic acids is 1. The second-order valence-corrected chi connectivity index (χ2v) is 8.44. The molecule has 0 saturated carbocycles. The van der Waals surface area contributed by atoms with Crippen molar-refractivity contribution in [3.05, 3.63) is 80.5 Å². The predicted octanol–water partition coefficient (Wildman–Crippen LogP) is 3.91. The first kappa shape index (κ1) is 19.9. The molecule has 1 aliphatic heterocycles. The van der Waals surface area contributed by atoms with E-state index in [1.807, 2.05) is 24.3 Å². The van der Waals surface area contributed by atoms with E-state index < -0.39 is 0 Å². The van der Waals surface area contributed by atoms with Crippen LogP contribution in [0.3, 0.4) is 0 Å². The van der Waals surface area contributed by atoms with Gasteiger partial charge in [0.2, 0.25) is 0 Å². The van der Waals surface area contributed by atoms with E-state index in [0.717, 1.165) is 5.56 Å². The SMILES string of the molecule is O=C(c1csc2c(=O)[nH]c(-c3ccccn3)nc12)N1CCOC(c2cccc(Cl)c2)C1. The summed E-state index contributed by atoms with van der Waals surface area (Å²) in [5.74, 6) is 0.163. The second-order valence-electron chi connectivity index (χ2n) is 7.12. The molecule has 4 heterocycles. The molecule has 0 bridgehead atoms. The van der Waals surface area contributed by atoms with Gasteiger partial charge in [0.15, 0.2) is 5.82 Å². The number of rotatable bonds is 3. The van der Waals surface area contributed by atoms with Gasteiger partial charge in [-0.3, -0.25) is 14.6 Å². The lowest BCUT2D eigenvalue weighted by atomic mass is 10.1. The Bertz CT molecular complexity index is 1320. The minimum Gasteiger partial charge on any atom is -0.370 e. The number of aromatic nitrogens is 3. The zero-order valence-corrected chi connectivity index (χ0v) is 17.8. The van der Waals surface area contributed by atoms with Crippen LogP contribution in [-0.2, 0) is 4.74 Å². The molecular weight excluding hydrogens is 436 g/mol. The summed E-state index contributed by atoms with van der Waals surface area (Å²) in [4.78, 5) is 39.2. The topological polar surface area (TPSA) is 88.2 Å². The number of aromatic amines is 1. The normalized spacial score (nSPS) is 16.5. The summed E-state index contributed by atoms with van der Waals surface area (Å²) in [6.07, 6.45) is 1.37. The molecule has 9 heteroatoms. The van der Waals surface area contributed by atoms with Gasteiger partial charge in [-0.2, -0.15) is 0 Å². The third-order valence-corrected chi connectivity index (χ3v) is 6.34. The van der Waals surface area contributed by atoms with E-state index in [0.29, 0.717) is 52.0 Å². The minimum absolute atomic E-state index is 0.174. The van der Waals surface area contributed by atoms with Crippen LogP contribution in [0.15, 0.2) is 58.8 Å². The molecule has 1 aromatic carbocycles. The second kappa shape index (κ2) is 8.22. The molecule has 1 atom stereocenters. The van der Waals surface area contributed by atoms with Crippen LogP contribution in [0.5, 0.6) is 0 Å². The molecule has 0 aliphatic carbocycles. The number of fused-ring (bicyclic) bond motifs is 1. The number of ether oxygens (including phenoxy) is 1. The van der Waals surface area contributed by atoms with Crippen LogP contribution in [0.25, 0.3) is 21.7 Å². The van der Waals surface area contributed by atoms with Crippen molar-refractivity contribution < 1.29 is 9.53 Å². The number of hydrogen-bond acceptors (Lipinski definition) is 6. The Balaban J connectivity index is 1.48. The predicted molar refractivity (Wildman–Crippen MR) is 120 cm³/mol.